The van der Waals surface area contributed by atoms with Crippen LogP contribution in [0.1, 0.15) is 0 Å². The number of carbonyl (C=O) groups excluding carboxylic acids is 3. The Bertz CT molecular complexity index is 860. The first-order chi connectivity index (χ1) is 13.9. The molecule has 0 radical (unpaired) electrons. The number of ether oxygens (including phenoxy) is 2. The predicted octanol–water partition coefficient (Wildman–Crippen LogP) is 3.08. The molecule has 7 nitrogen and oxygen atoms in total. The molecule has 0 spiro atoms. The maximum Gasteiger partial charge on any atom is 0.316 e. The molecule has 0 bridgehead atoms. The van der Waals surface area contributed by atoms with Gasteiger partial charge in [-0.3, -0.25) is 14.4 Å². The number of amides is 2. The summed E-state index contributed by atoms with van der Waals surface area (Å²) in [7, 11) is 2.99. The van der Waals surface area contributed by atoms with Crippen molar-refractivity contribution >= 4 is 46.8 Å². The van der Waals surface area contributed by atoms with Gasteiger partial charge in [-0.2, -0.15) is 0 Å². The molecule has 0 aliphatic carbocycles. The van der Waals surface area contributed by atoms with Crippen LogP contribution >= 0.6 is 23.4 Å². The summed E-state index contributed by atoms with van der Waals surface area (Å²) >= 11 is 7.09. The van der Waals surface area contributed by atoms with Crippen molar-refractivity contribution in [1.29, 1.82) is 0 Å². The van der Waals surface area contributed by atoms with E-state index >= 15 is 0 Å². The number of rotatable bonds is 9. The predicted molar refractivity (Wildman–Crippen MR) is 112 cm³/mol. The van der Waals surface area contributed by atoms with E-state index in [1.807, 2.05) is 0 Å². The van der Waals surface area contributed by atoms with E-state index in [-0.39, 0.29) is 18.2 Å². The van der Waals surface area contributed by atoms with Crippen LogP contribution in [0.15, 0.2) is 53.4 Å². The van der Waals surface area contributed by atoms with E-state index in [0.717, 1.165) is 4.90 Å². The number of benzene rings is 2. The molecular formula is C20H21ClN2O5S. The van der Waals surface area contributed by atoms with Crippen molar-refractivity contribution in [2.24, 2.45) is 0 Å². The first-order valence-electron chi connectivity index (χ1n) is 8.59. The fourth-order valence-corrected chi connectivity index (χ4v) is 2.99. The Labute approximate surface area is 178 Å². The second kappa shape index (κ2) is 11.3. The normalized spacial score (nSPS) is 10.2. The first kappa shape index (κ1) is 22.6. The van der Waals surface area contributed by atoms with E-state index in [9.17, 15) is 14.4 Å². The van der Waals surface area contributed by atoms with Gasteiger partial charge in [0.05, 0.1) is 19.4 Å². The van der Waals surface area contributed by atoms with Crippen LogP contribution in [0.25, 0.3) is 0 Å². The number of hydrogen-bond acceptors (Lipinski definition) is 6. The maximum atomic E-state index is 12.1. The third-order valence-corrected chi connectivity index (χ3v) is 4.92. The minimum absolute atomic E-state index is 0.0644. The summed E-state index contributed by atoms with van der Waals surface area (Å²) in [6.07, 6.45) is 0. The zero-order chi connectivity index (χ0) is 21.2. The Balaban J connectivity index is 1.71. The molecule has 2 aromatic carbocycles. The molecule has 0 aromatic heterocycles. The Morgan fingerprint density at radius 2 is 1.86 bits per heavy atom. The number of nitrogens with zero attached hydrogens (tertiary/aromatic N) is 1. The van der Waals surface area contributed by atoms with Crippen LogP contribution in [0.2, 0.25) is 5.02 Å². The second-order valence-corrected chi connectivity index (χ2v) is 7.42. The van der Waals surface area contributed by atoms with Gasteiger partial charge in [0.15, 0.2) is 6.61 Å². The van der Waals surface area contributed by atoms with Gasteiger partial charge in [0.2, 0.25) is 5.91 Å². The molecule has 2 aromatic rings. The van der Waals surface area contributed by atoms with Crippen molar-refractivity contribution in [3.05, 3.63) is 53.6 Å². The quantitative estimate of drug-likeness (QED) is 0.480. The minimum Gasteiger partial charge on any atom is -0.497 e. The summed E-state index contributed by atoms with van der Waals surface area (Å²) in [5, 5.41) is 3.29. The SMILES string of the molecule is COc1cccc(NC(=O)CN(C)C(=O)COC(=O)CSc2ccc(Cl)cc2)c1. The van der Waals surface area contributed by atoms with Crippen LogP contribution in [-0.4, -0.2) is 55.7 Å². The highest BCUT2D eigenvalue weighted by atomic mass is 35.5. The summed E-state index contributed by atoms with van der Waals surface area (Å²) in [4.78, 5) is 38.0. The van der Waals surface area contributed by atoms with E-state index in [2.05, 4.69) is 5.32 Å². The van der Waals surface area contributed by atoms with E-state index < -0.39 is 18.5 Å². The van der Waals surface area contributed by atoms with Crippen molar-refractivity contribution < 1.29 is 23.9 Å². The molecule has 1 N–H and O–H groups in total. The average Bonchev–Trinajstić information content (AvgIpc) is 2.71. The summed E-state index contributed by atoms with van der Waals surface area (Å²) < 4.78 is 10.1. The molecule has 0 atom stereocenters. The number of anilines is 1. The zero-order valence-corrected chi connectivity index (χ0v) is 17.6. The molecule has 0 aliphatic heterocycles. The van der Waals surface area contributed by atoms with Crippen LogP contribution in [0.3, 0.4) is 0 Å². The largest absolute Gasteiger partial charge is 0.497 e. The van der Waals surface area contributed by atoms with Crippen molar-refractivity contribution in [3.63, 3.8) is 0 Å². The number of likely N-dealkylation sites (N-methyl/N-ethyl adjacent to an activating group) is 1. The Morgan fingerprint density at radius 3 is 2.55 bits per heavy atom. The molecule has 2 rings (SSSR count). The van der Waals surface area contributed by atoms with E-state index in [1.165, 1.54) is 30.8 Å². The average molecular weight is 437 g/mol. The number of methoxy groups -OCH3 is 1. The molecule has 0 heterocycles. The number of hydrogen-bond donors (Lipinski definition) is 1. The number of carbonyl (C=O) groups is 3. The van der Waals surface area contributed by atoms with Gasteiger partial charge < -0.3 is 19.7 Å². The van der Waals surface area contributed by atoms with Gasteiger partial charge in [0.25, 0.3) is 5.91 Å². The molecule has 29 heavy (non-hydrogen) atoms. The van der Waals surface area contributed by atoms with Gasteiger partial charge in [-0.1, -0.05) is 17.7 Å². The molecule has 154 valence electrons. The van der Waals surface area contributed by atoms with Gasteiger partial charge in [-0.15, -0.1) is 11.8 Å². The number of nitrogens with one attached hydrogen (secondary N) is 1. The smallest absolute Gasteiger partial charge is 0.316 e. The molecule has 0 saturated carbocycles. The number of esters is 1. The summed E-state index contributed by atoms with van der Waals surface area (Å²) in [5.41, 5.74) is 0.556. The first-order valence-corrected chi connectivity index (χ1v) is 9.95. The van der Waals surface area contributed by atoms with Crippen molar-refractivity contribution in [2.45, 2.75) is 4.90 Å². The lowest BCUT2D eigenvalue weighted by atomic mass is 10.3. The molecule has 9 heteroatoms. The van der Waals surface area contributed by atoms with Crippen LogP contribution in [-0.2, 0) is 19.1 Å². The third-order valence-electron chi connectivity index (χ3n) is 3.69. The Morgan fingerprint density at radius 1 is 1.14 bits per heavy atom. The highest BCUT2D eigenvalue weighted by molar-refractivity contribution is 8.00. The third kappa shape index (κ3) is 8.05. The molecule has 0 saturated heterocycles. The minimum atomic E-state index is -0.521. The fourth-order valence-electron chi connectivity index (χ4n) is 2.17. The maximum absolute atomic E-state index is 12.1. The van der Waals surface area contributed by atoms with Crippen molar-refractivity contribution in [1.82, 2.24) is 4.90 Å². The lowest BCUT2D eigenvalue weighted by Crippen LogP contribution is -2.37. The Hall–Kier alpha value is -2.71. The monoisotopic (exact) mass is 436 g/mol. The highest BCUT2D eigenvalue weighted by Gasteiger charge is 2.15. The fraction of sp³-hybridized carbons (Fsp3) is 0.250. The lowest BCUT2D eigenvalue weighted by Gasteiger charge is -2.17. The lowest BCUT2D eigenvalue weighted by molar-refractivity contribution is -0.149. The van der Waals surface area contributed by atoms with Gasteiger partial charge in [-0.05, 0) is 36.4 Å². The summed E-state index contributed by atoms with van der Waals surface area (Å²) in [5.74, 6) is -0.702. The van der Waals surface area contributed by atoms with Gasteiger partial charge in [-0.25, -0.2) is 0 Å². The van der Waals surface area contributed by atoms with Crippen LogP contribution < -0.4 is 10.1 Å². The van der Waals surface area contributed by atoms with Crippen LogP contribution in [0.4, 0.5) is 5.69 Å². The van der Waals surface area contributed by atoms with E-state index in [1.54, 1.807) is 48.5 Å². The van der Waals surface area contributed by atoms with Gasteiger partial charge >= 0.3 is 5.97 Å². The van der Waals surface area contributed by atoms with Crippen molar-refractivity contribution in [2.75, 3.05) is 38.4 Å². The standard InChI is InChI=1S/C20H21ClN2O5S/c1-23(11-18(24)22-15-4-3-5-16(10-15)27-2)19(25)12-28-20(26)13-29-17-8-6-14(21)7-9-17/h3-10H,11-13H2,1-2H3,(H,22,24). The number of halogens is 1. The van der Waals surface area contributed by atoms with Crippen molar-refractivity contribution in [3.8, 4) is 5.75 Å². The topological polar surface area (TPSA) is 84.9 Å². The number of thioether (sulfide) groups is 1. The molecular weight excluding hydrogens is 416 g/mol. The highest BCUT2D eigenvalue weighted by Crippen LogP contribution is 2.20. The van der Waals surface area contributed by atoms with E-state index in [4.69, 9.17) is 21.1 Å². The van der Waals surface area contributed by atoms with Crippen LogP contribution in [0, 0.1) is 0 Å². The molecule has 0 fully saturated rings. The summed E-state index contributed by atoms with van der Waals surface area (Å²) in [6.45, 7) is -0.601. The molecule has 2 amide bonds. The van der Waals surface area contributed by atoms with Crippen LogP contribution in [0.5, 0.6) is 5.75 Å². The van der Waals surface area contributed by atoms with E-state index in [0.29, 0.717) is 16.5 Å². The summed E-state index contributed by atoms with van der Waals surface area (Å²) in [6, 6.07) is 13.9. The molecule has 0 aliphatic rings. The Kier molecular flexibility index (Phi) is 8.82. The second-order valence-electron chi connectivity index (χ2n) is 5.93. The van der Waals surface area contributed by atoms with Gasteiger partial charge in [0.1, 0.15) is 5.75 Å². The zero-order valence-electron chi connectivity index (χ0n) is 16.0. The molecule has 0 unspecified atom stereocenters. The van der Waals surface area contributed by atoms with Gasteiger partial charge in [0, 0.05) is 28.7 Å².